The van der Waals surface area contributed by atoms with Crippen LogP contribution in [0.3, 0.4) is 0 Å². The summed E-state index contributed by atoms with van der Waals surface area (Å²) in [5.74, 6) is 1.56. The monoisotopic (exact) mass is 332 g/mol. The zero-order chi connectivity index (χ0) is 16.9. The van der Waals surface area contributed by atoms with Crippen LogP contribution in [0.1, 0.15) is 38.2 Å². The first-order valence-corrected chi connectivity index (χ1v) is 8.98. The number of carbonyl (C=O) groups excluding carboxylic acids is 1. The molecule has 5 heteroatoms. The number of aryl methyl sites for hydroxylation is 1. The molecular weight excluding hydrogens is 304 g/mol. The third kappa shape index (κ3) is 5.13. The van der Waals surface area contributed by atoms with Gasteiger partial charge in [-0.25, -0.2) is 4.79 Å². The average molecular weight is 332 g/mol. The van der Waals surface area contributed by atoms with Gasteiger partial charge in [0.15, 0.2) is 0 Å². The van der Waals surface area contributed by atoms with Crippen molar-refractivity contribution in [2.45, 2.75) is 57.7 Å². The molecule has 2 N–H and O–H groups in total. The van der Waals surface area contributed by atoms with Crippen molar-refractivity contribution >= 4 is 6.03 Å². The van der Waals surface area contributed by atoms with Crippen LogP contribution in [0.5, 0.6) is 5.75 Å². The Bertz CT molecular complexity index is 559. The number of nitrogens with one attached hydrogen (secondary N) is 2. The van der Waals surface area contributed by atoms with E-state index in [1.807, 2.05) is 38.1 Å². The molecule has 1 aromatic rings. The van der Waals surface area contributed by atoms with Crippen LogP contribution in [0.2, 0.25) is 0 Å². The van der Waals surface area contributed by atoms with E-state index in [1.165, 1.54) is 12.8 Å². The van der Waals surface area contributed by atoms with Crippen molar-refractivity contribution in [3.8, 4) is 5.75 Å². The molecule has 1 saturated carbocycles. The molecule has 0 radical (unpaired) electrons. The van der Waals surface area contributed by atoms with Crippen LogP contribution >= 0.6 is 0 Å². The van der Waals surface area contributed by atoms with Crippen molar-refractivity contribution in [2.75, 3.05) is 13.2 Å². The van der Waals surface area contributed by atoms with Gasteiger partial charge in [-0.1, -0.05) is 12.1 Å². The van der Waals surface area contributed by atoms with Crippen LogP contribution in [-0.4, -0.2) is 37.4 Å². The molecule has 5 nitrogen and oxygen atoms in total. The maximum absolute atomic E-state index is 12.2. The zero-order valence-corrected chi connectivity index (χ0v) is 14.6. The van der Waals surface area contributed by atoms with Crippen LogP contribution in [-0.2, 0) is 4.74 Å². The third-order valence-corrected chi connectivity index (χ3v) is 4.67. The van der Waals surface area contributed by atoms with Crippen molar-refractivity contribution in [1.29, 1.82) is 0 Å². The quantitative estimate of drug-likeness (QED) is 0.842. The van der Waals surface area contributed by atoms with Gasteiger partial charge in [0, 0.05) is 12.6 Å². The van der Waals surface area contributed by atoms with Gasteiger partial charge in [-0.3, -0.25) is 0 Å². The summed E-state index contributed by atoms with van der Waals surface area (Å²) >= 11 is 0. The summed E-state index contributed by atoms with van der Waals surface area (Å²) in [4.78, 5) is 12.2. The van der Waals surface area contributed by atoms with Gasteiger partial charge in [0.05, 0.1) is 12.1 Å². The van der Waals surface area contributed by atoms with Gasteiger partial charge in [0.25, 0.3) is 0 Å². The number of benzene rings is 1. The van der Waals surface area contributed by atoms with Gasteiger partial charge in [-0.2, -0.15) is 0 Å². The molecule has 24 heavy (non-hydrogen) atoms. The van der Waals surface area contributed by atoms with Crippen molar-refractivity contribution in [1.82, 2.24) is 10.6 Å². The number of urea groups is 1. The van der Waals surface area contributed by atoms with Crippen molar-refractivity contribution in [3.63, 3.8) is 0 Å². The van der Waals surface area contributed by atoms with Crippen molar-refractivity contribution in [2.24, 2.45) is 5.92 Å². The fourth-order valence-electron chi connectivity index (χ4n) is 3.17. The summed E-state index contributed by atoms with van der Waals surface area (Å²) in [6, 6.07) is 7.98. The molecular formula is C19H28N2O3. The second-order valence-corrected chi connectivity index (χ2v) is 7.11. The Hall–Kier alpha value is -1.75. The summed E-state index contributed by atoms with van der Waals surface area (Å²) in [7, 11) is 0. The lowest BCUT2D eigenvalue weighted by atomic mass is 10.0. The molecule has 3 rings (SSSR count). The second-order valence-electron chi connectivity index (χ2n) is 7.11. The number of amides is 2. The summed E-state index contributed by atoms with van der Waals surface area (Å²) in [6.45, 7) is 5.19. The van der Waals surface area contributed by atoms with Crippen molar-refractivity contribution < 1.29 is 14.3 Å². The maximum Gasteiger partial charge on any atom is 0.315 e. The van der Waals surface area contributed by atoms with Gasteiger partial charge in [0.1, 0.15) is 12.4 Å². The lowest BCUT2D eigenvalue weighted by Crippen LogP contribution is -2.49. The smallest absolute Gasteiger partial charge is 0.315 e. The first kappa shape index (κ1) is 17.1. The van der Waals surface area contributed by atoms with E-state index >= 15 is 0 Å². The van der Waals surface area contributed by atoms with E-state index in [1.54, 1.807) is 0 Å². The first-order chi connectivity index (χ1) is 11.6. The number of rotatable bonds is 6. The molecule has 1 heterocycles. The summed E-state index contributed by atoms with van der Waals surface area (Å²) < 4.78 is 11.5. The first-order valence-electron chi connectivity index (χ1n) is 8.98. The largest absolute Gasteiger partial charge is 0.491 e. The number of carbonyl (C=O) groups is 1. The van der Waals surface area contributed by atoms with Crippen LogP contribution in [0.4, 0.5) is 4.79 Å². The van der Waals surface area contributed by atoms with E-state index < -0.39 is 0 Å². The molecule has 132 valence electrons. The minimum Gasteiger partial charge on any atom is -0.491 e. The standard InChI is InChI=1S/C19H28N2O3/c1-13-4-3-5-17(10-13)24-12-14(2)20-19(22)21-16-8-9-23-18(11-16)15-6-7-15/h3-5,10,14-16,18H,6-9,11-12H2,1-2H3,(H2,20,21,22)/t14-,16+,18-/m0/s1. The minimum absolute atomic E-state index is 0.0513. The molecule has 1 saturated heterocycles. The van der Waals surface area contributed by atoms with Crippen LogP contribution < -0.4 is 15.4 Å². The Kier molecular flexibility index (Phi) is 5.61. The molecule has 3 atom stereocenters. The molecule has 2 amide bonds. The van der Waals surface area contributed by atoms with Gasteiger partial charge >= 0.3 is 6.03 Å². The third-order valence-electron chi connectivity index (χ3n) is 4.67. The number of hydrogen-bond donors (Lipinski definition) is 2. The normalized spacial score (nSPS) is 24.9. The Labute approximate surface area is 144 Å². The predicted molar refractivity (Wildman–Crippen MR) is 93.3 cm³/mol. The van der Waals surface area contributed by atoms with Crippen LogP contribution in [0.15, 0.2) is 24.3 Å². The van der Waals surface area contributed by atoms with E-state index in [2.05, 4.69) is 10.6 Å². The van der Waals surface area contributed by atoms with E-state index in [0.717, 1.165) is 36.7 Å². The van der Waals surface area contributed by atoms with E-state index in [0.29, 0.717) is 12.7 Å². The number of ether oxygens (including phenoxy) is 2. The molecule has 0 unspecified atom stereocenters. The molecule has 0 aromatic heterocycles. The summed E-state index contributed by atoms with van der Waals surface area (Å²) in [6.07, 6.45) is 4.72. The molecule has 1 aromatic carbocycles. The molecule has 1 aliphatic heterocycles. The highest BCUT2D eigenvalue weighted by molar-refractivity contribution is 5.74. The molecule has 2 fully saturated rings. The van der Waals surface area contributed by atoms with Gasteiger partial charge in [0.2, 0.25) is 0 Å². The van der Waals surface area contributed by atoms with E-state index in [-0.39, 0.29) is 18.1 Å². The molecule has 2 aliphatic rings. The molecule has 0 bridgehead atoms. The van der Waals surface area contributed by atoms with E-state index in [9.17, 15) is 4.79 Å². The predicted octanol–water partition coefficient (Wildman–Crippen LogP) is 3.02. The second kappa shape index (κ2) is 7.88. The Balaban J connectivity index is 1.37. The minimum atomic E-state index is -0.114. The topological polar surface area (TPSA) is 59.6 Å². The highest BCUT2D eigenvalue weighted by Crippen LogP contribution is 2.38. The average Bonchev–Trinajstić information content (AvgIpc) is 3.38. The Morgan fingerprint density at radius 3 is 2.96 bits per heavy atom. The van der Waals surface area contributed by atoms with Crippen LogP contribution in [0, 0.1) is 12.8 Å². The van der Waals surface area contributed by atoms with Crippen LogP contribution in [0.25, 0.3) is 0 Å². The molecule has 0 spiro atoms. The van der Waals surface area contributed by atoms with Crippen molar-refractivity contribution in [3.05, 3.63) is 29.8 Å². The SMILES string of the molecule is Cc1cccc(OC[C@H](C)NC(=O)N[C@@H]2CCO[C@H](C3CC3)C2)c1. The van der Waals surface area contributed by atoms with E-state index in [4.69, 9.17) is 9.47 Å². The Morgan fingerprint density at radius 2 is 2.21 bits per heavy atom. The zero-order valence-electron chi connectivity index (χ0n) is 14.6. The van der Waals surface area contributed by atoms with Gasteiger partial charge < -0.3 is 20.1 Å². The number of hydrogen-bond acceptors (Lipinski definition) is 3. The highest BCUT2D eigenvalue weighted by atomic mass is 16.5. The lowest BCUT2D eigenvalue weighted by molar-refractivity contribution is -0.00919. The van der Waals surface area contributed by atoms with Gasteiger partial charge in [-0.05, 0) is 63.1 Å². The Morgan fingerprint density at radius 1 is 1.38 bits per heavy atom. The lowest BCUT2D eigenvalue weighted by Gasteiger charge is -2.30. The summed E-state index contributed by atoms with van der Waals surface area (Å²) in [5.41, 5.74) is 1.16. The fourth-order valence-corrected chi connectivity index (χ4v) is 3.17. The maximum atomic E-state index is 12.2. The fraction of sp³-hybridized carbons (Fsp3) is 0.632. The van der Waals surface area contributed by atoms with Gasteiger partial charge in [-0.15, -0.1) is 0 Å². The summed E-state index contributed by atoms with van der Waals surface area (Å²) in [5, 5.41) is 6.04. The highest BCUT2D eigenvalue weighted by Gasteiger charge is 2.36. The molecule has 1 aliphatic carbocycles.